The van der Waals surface area contributed by atoms with E-state index in [1.807, 2.05) is 0 Å². The third-order valence-electron chi connectivity index (χ3n) is 2.57. The molecule has 0 spiro atoms. The Bertz CT molecular complexity index is 136. The molecule has 0 amide bonds. The molecule has 0 aromatic carbocycles. The molecule has 0 saturated carbocycles. The van der Waals surface area contributed by atoms with Gasteiger partial charge in [-0.3, -0.25) is 0 Å². The lowest BCUT2D eigenvalue weighted by Crippen LogP contribution is -2.13. The van der Waals surface area contributed by atoms with Crippen molar-refractivity contribution >= 4 is 0 Å². The van der Waals surface area contributed by atoms with Crippen LogP contribution in [0, 0.1) is 17.8 Å². The van der Waals surface area contributed by atoms with Gasteiger partial charge in [-0.05, 0) is 43.6 Å². The van der Waals surface area contributed by atoms with E-state index in [0.717, 1.165) is 38.0 Å². The number of hydrogen-bond acceptors (Lipinski definition) is 2. The van der Waals surface area contributed by atoms with Crippen molar-refractivity contribution in [2.75, 3.05) is 19.8 Å². The van der Waals surface area contributed by atoms with Crippen molar-refractivity contribution in [3.8, 4) is 0 Å². The maximum Gasteiger partial charge on any atom is 0.0491 e. The van der Waals surface area contributed by atoms with Crippen molar-refractivity contribution in [1.82, 2.24) is 0 Å². The molecule has 0 aromatic rings. The minimum absolute atomic E-state index is 0.677. The first kappa shape index (κ1) is 14.9. The van der Waals surface area contributed by atoms with Crippen molar-refractivity contribution in [3.63, 3.8) is 0 Å². The van der Waals surface area contributed by atoms with Crippen LogP contribution in [-0.4, -0.2) is 19.8 Å². The average Bonchev–Trinajstić information content (AvgIpc) is 2.10. The van der Waals surface area contributed by atoms with E-state index in [2.05, 4.69) is 27.7 Å². The van der Waals surface area contributed by atoms with Gasteiger partial charge in [-0.2, -0.15) is 0 Å². The second-order valence-corrected chi connectivity index (χ2v) is 5.29. The minimum Gasteiger partial charge on any atom is -0.381 e. The van der Waals surface area contributed by atoms with Gasteiger partial charge in [0.2, 0.25) is 0 Å². The van der Waals surface area contributed by atoms with Crippen LogP contribution >= 0.6 is 0 Å². The van der Waals surface area contributed by atoms with E-state index in [1.165, 1.54) is 12.8 Å². The van der Waals surface area contributed by atoms with Crippen molar-refractivity contribution in [2.24, 2.45) is 23.5 Å². The Morgan fingerprint density at radius 2 is 1.67 bits per heavy atom. The van der Waals surface area contributed by atoms with Crippen LogP contribution in [0.2, 0.25) is 0 Å². The summed E-state index contributed by atoms with van der Waals surface area (Å²) in [5, 5.41) is 0. The summed E-state index contributed by atoms with van der Waals surface area (Å²) in [7, 11) is 0. The Morgan fingerprint density at radius 1 is 1.00 bits per heavy atom. The molecule has 2 heteroatoms. The van der Waals surface area contributed by atoms with E-state index in [9.17, 15) is 0 Å². The standard InChI is InChI=1S/C13H29NO/c1-11(2)8-12(3)9-13(4)10-15-7-5-6-14/h11-13H,5-10,14H2,1-4H3. The predicted molar refractivity (Wildman–Crippen MR) is 66.9 cm³/mol. The van der Waals surface area contributed by atoms with Crippen molar-refractivity contribution in [3.05, 3.63) is 0 Å². The second kappa shape index (κ2) is 9.17. The van der Waals surface area contributed by atoms with Gasteiger partial charge in [0.1, 0.15) is 0 Å². The van der Waals surface area contributed by atoms with Gasteiger partial charge in [-0.25, -0.2) is 0 Å². The Labute approximate surface area is 95.6 Å². The Balaban J connectivity index is 3.42. The van der Waals surface area contributed by atoms with Crippen LogP contribution < -0.4 is 5.73 Å². The lowest BCUT2D eigenvalue weighted by Gasteiger charge is -2.18. The summed E-state index contributed by atoms with van der Waals surface area (Å²) in [6.45, 7) is 11.6. The highest BCUT2D eigenvalue weighted by Gasteiger charge is 2.10. The summed E-state index contributed by atoms with van der Waals surface area (Å²) in [4.78, 5) is 0. The van der Waals surface area contributed by atoms with Crippen LogP contribution in [0.3, 0.4) is 0 Å². The van der Waals surface area contributed by atoms with Crippen molar-refractivity contribution in [2.45, 2.75) is 47.0 Å². The molecule has 92 valence electrons. The summed E-state index contributed by atoms with van der Waals surface area (Å²) < 4.78 is 5.56. The molecule has 0 aliphatic carbocycles. The molecule has 2 N–H and O–H groups in total. The summed E-state index contributed by atoms with van der Waals surface area (Å²) in [5.41, 5.74) is 5.40. The number of nitrogens with two attached hydrogens (primary N) is 1. The van der Waals surface area contributed by atoms with Crippen LogP contribution in [0.1, 0.15) is 47.0 Å². The van der Waals surface area contributed by atoms with E-state index in [1.54, 1.807) is 0 Å². The molecule has 0 saturated heterocycles. The average molecular weight is 215 g/mol. The molecule has 0 rings (SSSR count). The highest BCUT2D eigenvalue weighted by molar-refractivity contribution is 4.61. The Kier molecular flexibility index (Phi) is 9.12. The zero-order valence-electron chi connectivity index (χ0n) is 11.0. The van der Waals surface area contributed by atoms with Gasteiger partial charge >= 0.3 is 0 Å². The number of ether oxygens (including phenoxy) is 1. The molecule has 2 unspecified atom stereocenters. The monoisotopic (exact) mass is 215 g/mol. The maximum absolute atomic E-state index is 5.56. The van der Waals surface area contributed by atoms with Gasteiger partial charge in [0.15, 0.2) is 0 Å². The van der Waals surface area contributed by atoms with Crippen LogP contribution in [0.15, 0.2) is 0 Å². The van der Waals surface area contributed by atoms with Crippen LogP contribution in [0.4, 0.5) is 0 Å². The summed E-state index contributed by atoms with van der Waals surface area (Å²) in [6, 6.07) is 0. The lowest BCUT2D eigenvalue weighted by atomic mass is 9.91. The number of hydrogen-bond donors (Lipinski definition) is 1. The van der Waals surface area contributed by atoms with Gasteiger partial charge in [0.25, 0.3) is 0 Å². The van der Waals surface area contributed by atoms with E-state index in [4.69, 9.17) is 10.5 Å². The smallest absolute Gasteiger partial charge is 0.0491 e. The van der Waals surface area contributed by atoms with Gasteiger partial charge in [0.05, 0.1) is 0 Å². The van der Waals surface area contributed by atoms with Crippen molar-refractivity contribution in [1.29, 1.82) is 0 Å². The summed E-state index contributed by atoms with van der Waals surface area (Å²) in [5.74, 6) is 2.31. The number of rotatable bonds is 9. The lowest BCUT2D eigenvalue weighted by molar-refractivity contribution is 0.0948. The predicted octanol–water partition coefficient (Wildman–Crippen LogP) is 3.06. The maximum atomic E-state index is 5.56. The first-order valence-electron chi connectivity index (χ1n) is 6.34. The molecule has 2 nitrogen and oxygen atoms in total. The largest absolute Gasteiger partial charge is 0.381 e. The van der Waals surface area contributed by atoms with E-state index < -0.39 is 0 Å². The molecule has 15 heavy (non-hydrogen) atoms. The third kappa shape index (κ3) is 10.2. The van der Waals surface area contributed by atoms with Gasteiger partial charge < -0.3 is 10.5 Å². The molecule has 0 aliphatic rings. The van der Waals surface area contributed by atoms with Crippen molar-refractivity contribution < 1.29 is 4.74 Å². The molecular formula is C13H29NO. The van der Waals surface area contributed by atoms with E-state index in [0.29, 0.717) is 5.92 Å². The molecule has 0 aromatic heterocycles. The molecule has 0 heterocycles. The molecule has 0 bridgehead atoms. The van der Waals surface area contributed by atoms with E-state index >= 15 is 0 Å². The normalized spacial score (nSPS) is 15.6. The van der Waals surface area contributed by atoms with Crippen LogP contribution in [0.5, 0.6) is 0 Å². The van der Waals surface area contributed by atoms with Gasteiger partial charge in [-0.1, -0.05) is 27.7 Å². The fourth-order valence-electron chi connectivity index (χ4n) is 2.13. The Hall–Kier alpha value is -0.0800. The second-order valence-electron chi connectivity index (χ2n) is 5.29. The molecule has 2 atom stereocenters. The minimum atomic E-state index is 0.677. The molecule has 0 radical (unpaired) electrons. The topological polar surface area (TPSA) is 35.2 Å². The van der Waals surface area contributed by atoms with Crippen LogP contribution in [-0.2, 0) is 4.74 Å². The first-order valence-corrected chi connectivity index (χ1v) is 6.34. The van der Waals surface area contributed by atoms with Crippen LogP contribution in [0.25, 0.3) is 0 Å². The summed E-state index contributed by atoms with van der Waals surface area (Å²) >= 11 is 0. The SMILES string of the molecule is CC(C)CC(C)CC(C)COCCCN. The fraction of sp³-hybridized carbons (Fsp3) is 1.00. The van der Waals surface area contributed by atoms with Gasteiger partial charge in [0, 0.05) is 13.2 Å². The zero-order chi connectivity index (χ0) is 11.7. The molecule has 0 fully saturated rings. The van der Waals surface area contributed by atoms with E-state index in [-0.39, 0.29) is 0 Å². The summed E-state index contributed by atoms with van der Waals surface area (Å²) in [6.07, 6.45) is 3.59. The zero-order valence-corrected chi connectivity index (χ0v) is 11.0. The molecule has 0 aliphatic heterocycles. The third-order valence-corrected chi connectivity index (χ3v) is 2.57. The van der Waals surface area contributed by atoms with Gasteiger partial charge in [-0.15, -0.1) is 0 Å². The highest BCUT2D eigenvalue weighted by atomic mass is 16.5. The fourth-order valence-corrected chi connectivity index (χ4v) is 2.13. The highest BCUT2D eigenvalue weighted by Crippen LogP contribution is 2.19. The Morgan fingerprint density at radius 3 is 2.20 bits per heavy atom. The quantitative estimate of drug-likeness (QED) is 0.600. The first-order chi connectivity index (χ1) is 7.06. The molecular weight excluding hydrogens is 186 g/mol.